The molecule has 0 spiro atoms. The summed E-state index contributed by atoms with van der Waals surface area (Å²) >= 11 is 0. The quantitative estimate of drug-likeness (QED) is 0.277. The van der Waals surface area contributed by atoms with E-state index in [2.05, 4.69) is 53.6 Å². The number of hydrogen-bond donors (Lipinski definition) is 3. The maximum absolute atomic E-state index is 4.83. The van der Waals surface area contributed by atoms with Crippen LogP contribution in [0.4, 0.5) is 5.69 Å². The lowest BCUT2D eigenvalue weighted by atomic mass is 10.1. The van der Waals surface area contributed by atoms with E-state index in [1.54, 1.807) is 0 Å². The Labute approximate surface area is 221 Å². The lowest BCUT2D eigenvalue weighted by molar-refractivity contribution is 0.489. The SMILES string of the molecule is c1cc(N2CCCCC2)c2[nH]c(-c3n[nH]c4cnc(-c5cncc(CNCC6CCCC6)c5)cc34)nc2n1. The van der Waals surface area contributed by atoms with E-state index in [-0.39, 0.29) is 0 Å². The molecule has 0 bridgehead atoms. The van der Waals surface area contributed by atoms with Crippen LogP contribution in [0.5, 0.6) is 0 Å². The van der Waals surface area contributed by atoms with Crippen molar-refractivity contribution in [1.82, 2.24) is 40.4 Å². The zero-order valence-corrected chi connectivity index (χ0v) is 21.6. The highest BCUT2D eigenvalue weighted by Gasteiger charge is 2.20. The van der Waals surface area contributed by atoms with E-state index in [4.69, 9.17) is 9.97 Å². The fourth-order valence-corrected chi connectivity index (χ4v) is 6.02. The summed E-state index contributed by atoms with van der Waals surface area (Å²) in [7, 11) is 0. The summed E-state index contributed by atoms with van der Waals surface area (Å²) in [6.45, 7) is 4.04. The van der Waals surface area contributed by atoms with Gasteiger partial charge in [-0.1, -0.05) is 12.8 Å². The van der Waals surface area contributed by atoms with Crippen LogP contribution in [0.1, 0.15) is 50.5 Å². The Hall–Kier alpha value is -3.85. The molecule has 5 aromatic heterocycles. The lowest BCUT2D eigenvalue weighted by Crippen LogP contribution is -2.29. The summed E-state index contributed by atoms with van der Waals surface area (Å²) in [5, 5.41) is 12.3. The van der Waals surface area contributed by atoms with Crippen LogP contribution >= 0.6 is 0 Å². The molecule has 2 fully saturated rings. The molecule has 194 valence electrons. The maximum Gasteiger partial charge on any atom is 0.180 e. The van der Waals surface area contributed by atoms with Gasteiger partial charge in [-0.25, -0.2) is 9.97 Å². The highest BCUT2D eigenvalue weighted by atomic mass is 15.2. The van der Waals surface area contributed by atoms with E-state index in [0.29, 0.717) is 5.82 Å². The standard InChI is InChI=1S/C29H33N9/c1-4-10-38(11-5-1)25-8-9-32-28-27(25)34-29(35-28)26-22-13-23(33-18-24(22)36-37-26)21-12-20(16-31-17-21)15-30-14-19-6-2-3-7-19/h8-9,12-13,16-19,30H,1-7,10-11,14-15H2,(H,36,37)(H,32,34,35). The first-order chi connectivity index (χ1) is 18.8. The van der Waals surface area contributed by atoms with Crippen molar-refractivity contribution in [3.63, 3.8) is 0 Å². The van der Waals surface area contributed by atoms with Crippen LogP contribution in [0.2, 0.25) is 0 Å². The van der Waals surface area contributed by atoms with Crippen molar-refractivity contribution in [3.05, 3.63) is 48.5 Å². The number of hydrogen-bond acceptors (Lipinski definition) is 7. The predicted molar refractivity (Wildman–Crippen MR) is 150 cm³/mol. The van der Waals surface area contributed by atoms with Gasteiger partial charge in [-0.3, -0.25) is 15.1 Å². The first kappa shape index (κ1) is 23.3. The largest absolute Gasteiger partial charge is 0.370 e. The highest BCUT2D eigenvalue weighted by molar-refractivity contribution is 5.95. The Morgan fingerprint density at radius 2 is 1.87 bits per heavy atom. The van der Waals surface area contributed by atoms with Gasteiger partial charge in [0.1, 0.15) is 11.2 Å². The number of rotatable bonds is 7. The molecule has 6 heterocycles. The van der Waals surface area contributed by atoms with Gasteiger partial charge in [0.2, 0.25) is 0 Å². The molecule has 0 radical (unpaired) electrons. The van der Waals surface area contributed by atoms with Crippen LogP contribution in [0.3, 0.4) is 0 Å². The van der Waals surface area contributed by atoms with Crippen LogP contribution in [0.15, 0.2) is 43.0 Å². The monoisotopic (exact) mass is 507 g/mol. The van der Waals surface area contributed by atoms with Gasteiger partial charge in [-0.15, -0.1) is 0 Å². The first-order valence-corrected chi connectivity index (χ1v) is 13.9. The van der Waals surface area contributed by atoms with Gasteiger partial charge in [-0.2, -0.15) is 5.10 Å². The summed E-state index contributed by atoms with van der Waals surface area (Å²) in [6, 6.07) is 6.34. The molecule has 1 aliphatic carbocycles. The van der Waals surface area contributed by atoms with E-state index in [9.17, 15) is 0 Å². The second-order valence-corrected chi connectivity index (χ2v) is 10.7. The molecule has 1 aliphatic heterocycles. The zero-order valence-electron chi connectivity index (χ0n) is 21.6. The molecule has 0 amide bonds. The highest BCUT2D eigenvalue weighted by Crippen LogP contribution is 2.32. The van der Waals surface area contributed by atoms with E-state index in [1.165, 1.54) is 56.2 Å². The first-order valence-electron chi connectivity index (χ1n) is 13.9. The Balaban J connectivity index is 1.18. The summed E-state index contributed by atoms with van der Waals surface area (Å²) in [6.07, 6.45) is 16.7. The van der Waals surface area contributed by atoms with Crippen molar-refractivity contribution >= 4 is 27.8 Å². The maximum atomic E-state index is 4.83. The third kappa shape index (κ3) is 4.51. The van der Waals surface area contributed by atoms with Crippen LogP contribution in [0, 0.1) is 5.92 Å². The van der Waals surface area contributed by atoms with Gasteiger partial charge in [0.05, 0.1) is 23.1 Å². The van der Waals surface area contributed by atoms with Gasteiger partial charge in [0, 0.05) is 49.2 Å². The molecule has 0 aromatic carbocycles. The lowest BCUT2D eigenvalue weighted by Gasteiger charge is -2.28. The molecular weight excluding hydrogens is 474 g/mol. The molecule has 7 rings (SSSR count). The van der Waals surface area contributed by atoms with Crippen molar-refractivity contribution in [2.24, 2.45) is 5.92 Å². The summed E-state index contributed by atoms with van der Waals surface area (Å²) < 4.78 is 0. The third-order valence-electron chi connectivity index (χ3n) is 8.07. The minimum absolute atomic E-state index is 0.711. The molecule has 9 nitrogen and oxygen atoms in total. The summed E-state index contributed by atoms with van der Waals surface area (Å²) in [5.74, 6) is 1.53. The van der Waals surface area contributed by atoms with Crippen LogP contribution in [-0.2, 0) is 6.54 Å². The fourth-order valence-electron chi connectivity index (χ4n) is 6.02. The number of anilines is 1. The van der Waals surface area contributed by atoms with Gasteiger partial charge < -0.3 is 15.2 Å². The van der Waals surface area contributed by atoms with Gasteiger partial charge >= 0.3 is 0 Å². The zero-order chi connectivity index (χ0) is 25.3. The normalized spacial score (nSPS) is 16.7. The van der Waals surface area contributed by atoms with Crippen molar-refractivity contribution < 1.29 is 0 Å². The van der Waals surface area contributed by atoms with Crippen molar-refractivity contribution in [2.75, 3.05) is 24.5 Å². The molecule has 38 heavy (non-hydrogen) atoms. The predicted octanol–water partition coefficient (Wildman–Crippen LogP) is 5.23. The van der Waals surface area contributed by atoms with Gasteiger partial charge in [-0.05, 0) is 68.3 Å². The smallest absolute Gasteiger partial charge is 0.180 e. The number of piperidine rings is 1. The van der Waals surface area contributed by atoms with Crippen LogP contribution in [0.25, 0.3) is 44.8 Å². The number of fused-ring (bicyclic) bond motifs is 2. The van der Waals surface area contributed by atoms with Gasteiger partial charge in [0.15, 0.2) is 11.5 Å². The molecule has 0 unspecified atom stereocenters. The molecule has 2 aliphatic rings. The van der Waals surface area contributed by atoms with Crippen molar-refractivity contribution in [1.29, 1.82) is 0 Å². The van der Waals surface area contributed by atoms with E-state index in [1.807, 2.05) is 24.8 Å². The second-order valence-electron chi connectivity index (χ2n) is 10.7. The van der Waals surface area contributed by atoms with E-state index in [0.717, 1.165) is 71.1 Å². The number of nitrogens with zero attached hydrogens (tertiary/aromatic N) is 6. The number of nitrogens with one attached hydrogen (secondary N) is 3. The number of imidazole rings is 1. The molecule has 5 aromatic rings. The Bertz CT molecular complexity index is 1560. The van der Waals surface area contributed by atoms with Crippen molar-refractivity contribution in [3.8, 4) is 22.8 Å². The third-order valence-corrected chi connectivity index (χ3v) is 8.07. The average Bonchev–Trinajstić information content (AvgIpc) is 3.73. The molecule has 1 saturated carbocycles. The minimum Gasteiger partial charge on any atom is -0.370 e. The topological polar surface area (TPSA) is 111 Å². The Morgan fingerprint density at radius 1 is 0.974 bits per heavy atom. The second kappa shape index (κ2) is 10.1. The number of aromatic nitrogens is 7. The number of pyridine rings is 3. The average molecular weight is 508 g/mol. The van der Waals surface area contributed by atoms with Crippen molar-refractivity contribution in [2.45, 2.75) is 51.5 Å². The Morgan fingerprint density at radius 3 is 2.76 bits per heavy atom. The Kier molecular flexibility index (Phi) is 6.21. The summed E-state index contributed by atoms with van der Waals surface area (Å²) in [5.41, 5.74) is 7.53. The molecule has 1 saturated heterocycles. The van der Waals surface area contributed by atoms with Crippen LogP contribution in [-0.4, -0.2) is 54.8 Å². The molecular formula is C29H33N9. The number of aromatic amines is 2. The molecule has 9 heteroatoms. The minimum atomic E-state index is 0.711. The van der Waals surface area contributed by atoms with Crippen LogP contribution < -0.4 is 10.2 Å². The number of H-pyrrole nitrogens is 2. The van der Waals surface area contributed by atoms with E-state index < -0.39 is 0 Å². The molecule has 3 N–H and O–H groups in total. The van der Waals surface area contributed by atoms with E-state index >= 15 is 0 Å². The fraction of sp³-hybridized carbons (Fsp3) is 0.414. The van der Waals surface area contributed by atoms with Gasteiger partial charge in [0.25, 0.3) is 0 Å². The summed E-state index contributed by atoms with van der Waals surface area (Å²) in [4.78, 5) is 24.5. The molecule has 0 atom stereocenters.